The molecule has 1 aliphatic rings. The van der Waals surface area contributed by atoms with Crippen LogP contribution in [-0.2, 0) is 11.4 Å². The Bertz CT molecular complexity index is 847. The van der Waals surface area contributed by atoms with Crippen molar-refractivity contribution in [2.24, 2.45) is 0 Å². The minimum Gasteiger partial charge on any atom is -0.489 e. The number of carbonyl (C=O) groups is 1. The quantitative estimate of drug-likeness (QED) is 0.518. The van der Waals surface area contributed by atoms with Gasteiger partial charge in [-0.25, -0.2) is 0 Å². The molecule has 134 valence electrons. The van der Waals surface area contributed by atoms with Crippen LogP contribution in [0.15, 0.2) is 58.7 Å². The fraction of sp³-hybridized carbons (Fsp3) is 0.200. The Labute approximate surface area is 167 Å². The SMILES string of the molecule is CCN1C(=O)/C(=C/c2ccc(OCc3ccc(Br)cc3)cc2)N(C)C1=S. The first-order valence-electron chi connectivity index (χ1n) is 8.28. The maximum Gasteiger partial charge on any atom is 0.276 e. The molecule has 0 unspecified atom stereocenters. The van der Waals surface area contributed by atoms with Crippen LogP contribution in [0.2, 0.25) is 0 Å². The summed E-state index contributed by atoms with van der Waals surface area (Å²) in [4.78, 5) is 15.8. The van der Waals surface area contributed by atoms with E-state index in [1.807, 2.05) is 68.6 Å². The number of benzene rings is 2. The predicted octanol–water partition coefficient (Wildman–Crippen LogP) is 4.45. The molecule has 0 N–H and O–H groups in total. The van der Waals surface area contributed by atoms with Gasteiger partial charge < -0.3 is 9.64 Å². The summed E-state index contributed by atoms with van der Waals surface area (Å²) in [7, 11) is 1.82. The highest BCUT2D eigenvalue weighted by Gasteiger charge is 2.34. The minimum atomic E-state index is -0.0597. The van der Waals surface area contributed by atoms with Crippen LogP contribution < -0.4 is 4.74 Å². The molecule has 1 saturated heterocycles. The van der Waals surface area contributed by atoms with Gasteiger partial charge in [0.05, 0.1) is 0 Å². The highest BCUT2D eigenvalue weighted by molar-refractivity contribution is 9.10. The van der Waals surface area contributed by atoms with Crippen LogP contribution in [0.5, 0.6) is 5.75 Å². The molecule has 2 aromatic rings. The van der Waals surface area contributed by atoms with Gasteiger partial charge >= 0.3 is 0 Å². The summed E-state index contributed by atoms with van der Waals surface area (Å²) in [5.74, 6) is 0.724. The Morgan fingerprint density at radius 1 is 1.12 bits per heavy atom. The van der Waals surface area contributed by atoms with Crippen molar-refractivity contribution in [1.82, 2.24) is 9.80 Å². The maximum atomic E-state index is 12.4. The zero-order valence-electron chi connectivity index (χ0n) is 14.6. The van der Waals surface area contributed by atoms with Gasteiger partial charge in [0.1, 0.15) is 18.1 Å². The molecular weight excluding hydrogens is 412 g/mol. The lowest BCUT2D eigenvalue weighted by molar-refractivity contribution is -0.122. The Morgan fingerprint density at radius 2 is 1.77 bits per heavy atom. The third-order valence-electron chi connectivity index (χ3n) is 4.16. The minimum absolute atomic E-state index is 0.0597. The molecule has 0 aliphatic carbocycles. The van der Waals surface area contributed by atoms with E-state index in [9.17, 15) is 4.79 Å². The van der Waals surface area contributed by atoms with Gasteiger partial charge in [-0.1, -0.05) is 40.2 Å². The molecule has 0 radical (unpaired) electrons. The van der Waals surface area contributed by atoms with Gasteiger partial charge in [-0.2, -0.15) is 0 Å². The van der Waals surface area contributed by atoms with Crippen LogP contribution in [-0.4, -0.2) is 34.4 Å². The second-order valence-electron chi connectivity index (χ2n) is 5.90. The third kappa shape index (κ3) is 3.97. The lowest BCUT2D eigenvalue weighted by atomic mass is 10.1. The number of rotatable bonds is 5. The highest BCUT2D eigenvalue weighted by atomic mass is 79.9. The van der Waals surface area contributed by atoms with Crippen LogP contribution in [0.25, 0.3) is 6.08 Å². The topological polar surface area (TPSA) is 32.8 Å². The Hall–Kier alpha value is -2.18. The fourth-order valence-corrected chi connectivity index (χ4v) is 3.23. The lowest BCUT2D eigenvalue weighted by Gasteiger charge is -2.13. The van der Waals surface area contributed by atoms with E-state index in [1.165, 1.54) is 0 Å². The molecule has 6 heteroatoms. The fourth-order valence-electron chi connectivity index (χ4n) is 2.66. The summed E-state index contributed by atoms with van der Waals surface area (Å²) < 4.78 is 6.86. The first kappa shape index (κ1) is 18.6. The van der Waals surface area contributed by atoms with Crippen molar-refractivity contribution >= 4 is 45.2 Å². The number of likely N-dealkylation sites (N-methyl/N-ethyl adjacent to an activating group) is 2. The molecule has 0 aromatic heterocycles. The third-order valence-corrected chi connectivity index (χ3v) is 5.18. The molecule has 0 spiro atoms. The van der Waals surface area contributed by atoms with E-state index in [0.29, 0.717) is 24.0 Å². The number of nitrogens with zero attached hydrogens (tertiary/aromatic N) is 2. The molecule has 26 heavy (non-hydrogen) atoms. The van der Waals surface area contributed by atoms with E-state index in [2.05, 4.69) is 15.9 Å². The van der Waals surface area contributed by atoms with Crippen molar-refractivity contribution in [2.45, 2.75) is 13.5 Å². The van der Waals surface area contributed by atoms with E-state index in [-0.39, 0.29) is 5.91 Å². The molecule has 4 nitrogen and oxygen atoms in total. The normalized spacial score (nSPS) is 15.9. The lowest BCUT2D eigenvalue weighted by Crippen LogP contribution is -2.30. The number of halogens is 1. The van der Waals surface area contributed by atoms with Crippen LogP contribution in [0.1, 0.15) is 18.1 Å². The number of ether oxygens (including phenoxy) is 1. The zero-order valence-corrected chi connectivity index (χ0v) is 17.0. The number of amides is 1. The van der Waals surface area contributed by atoms with Crippen molar-refractivity contribution in [3.8, 4) is 5.75 Å². The number of hydrogen-bond acceptors (Lipinski definition) is 3. The largest absolute Gasteiger partial charge is 0.489 e. The average Bonchev–Trinajstić information content (AvgIpc) is 2.85. The molecule has 2 aromatic carbocycles. The molecule has 0 saturated carbocycles. The van der Waals surface area contributed by atoms with Crippen molar-refractivity contribution in [3.63, 3.8) is 0 Å². The Morgan fingerprint density at radius 3 is 2.35 bits per heavy atom. The van der Waals surface area contributed by atoms with Crippen LogP contribution in [0.3, 0.4) is 0 Å². The summed E-state index contributed by atoms with van der Waals surface area (Å²) in [6.07, 6.45) is 1.85. The van der Waals surface area contributed by atoms with E-state index in [1.54, 1.807) is 9.80 Å². The van der Waals surface area contributed by atoms with Gasteiger partial charge in [-0.05, 0) is 60.6 Å². The van der Waals surface area contributed by atoms with E-state index < -0.39 is 0 Å². The van der Waals surface area contributed by atoms with Crippen molar-refractivity contribution in [3.05, 3.63) is 69.8 Å². The van der Waals surface area contributed by atoms with Crippen molar-refractivity contribution in [1.29, 1.82) is 0 Å². The van der Waals surface area contributed by atoms with Crippen molar-refractivity contribution in [2.75, 3.05) is 13.6 Å². The van der Waals surface area contributed by atoms with E-state index in [4.69, 9.17) is 17.0 Å². The van der Waals surface area contributed by atoms with Gasteiger partial charge in [-0.3, -0.25) is 9.69 Å². The second-order valence-corrected chi connectivity index (χ2v) is 7.19. The van der Waals surface area contributed by atoms with Crippen LogP contribution in [0.4, 0.5) is 0 Å². The van der Waals surface area contributed by atoms with Crippen molar-refractivity contribution < 1.29 is 9.53 Å². The van der Waals surface area contributed by atoms with Gasteiger partial charge in [0, 0.05) is 18.1 Å². The standard InChI is InChI=1S/C20H19BrN2O2S/c1-3-23-19(24)18(22(2)20(23)26)12-14-6-10-17(11-7-14)25-13-15-4-8-16(21)9-5-15/h4-12H,3,13H2,1-2H3/b18-12-. The molecule has 0 bridgehead atoms. The summed E-state index contributed by atoms with van der Waals surface area (Å²) in [6, 6.07) is 15.7. The summed E-state index contributed by atoms with van der Waals surface area (Å²) >= 11 is 8.73. The molecule has 1 heterocycles. The molecule has 1 fully saturated rings. The van der Waals surface area contributed by atoms with E-state index >= 15 is 0 Å². The summed E-state index contributed by atoms with van der Waals surface area (Å²) in [5.41, 5.74) is 2.61. The van der Waals surface area contributed by atoms with E-state index in [0.717, 1.165) is 21.3 Å². The zero-order chi connectivity index (χ0) is 18.7. The first-order chi connectivity index (χ1) is 12.5. The number of thiocarbonyl (C=S) groups is 1. The summed E-state index contributed by atoms with van der Waals surface area (Å²) in [6.45, 7) is 3.00. The monoisotopic (exact) mass is 430 g/mol. The molecule has 3 rings (SSSR count). The molecule has 0 atom stereocenters. The Balaban J connectivity index is 1.68. The molecular formula is C20H19BrN2O2S. The number of carbonyl (C=O) groups excluding carboxylic acids is 1. The maximum absolute atomic E-state index is 12.4. The van der Waals surface area contributed by atoms with Gasteiger partial charge in [0.15, 0.2) is 5.11 Å². The highest BCUT2D eigenvalue weighted by Crippen LogP contribution is 2.23. The van der Waals surface area contributed by atoms with Crippen LogP contribution >= 0.6 is 28.1 Å². The Kier molecular flexibility index (Phi) is 5.74. The average molecular weight is 431 g/mol. The first-order valence-corrected chi connectivity index (χ1v) is 9.48. The van der Waals surface area contributed by atoms with Gasteiger partial charge in [0.2, 0.25) is 0 Å². The van der Waals surface area contributed by atoms with Crippen LogP contribution in [0, 0.1) is 0 Å². The smallest absolute Gasteiger partial charge is 0.276 e. The molecule has 1 aliphatic heterocycles. The number of hydrogen-bond donors (Lipinski definition) is 0. The molecule has 1 amide bonds. The second kappa shape index (κ2) is 8.01. The summed E-state index contributed by atoms with van der Waals surface area (Å²) in [5, 5.41) is 0.540. The van der Waals surface area contributed by atoms with Gasteiger partial charge in [-0.15, -0.1) is 0 Å². The predicted molar refractivity (Wildman–Crippen MR) is 111 cm³/mol. The van der Waals surface area contributed by atoms with Gasteiger partial charge in [0.25, 0.3) is 5.91 Å².